The van der Waals surface area contributed by atoms with E-state index in [1.54, 1.807) is 23.5 Å². The third-order valence-corrected chi connectivity index (χ3v) is 4.18. The summed E-state index contributed by atoms with van der Waals surface area (Å²) in [7, 11) is 2.79. The zero-order valence-electron chi connectivity index (χ0n) is 10.9. The number of thioether (sulfide) groups is 2. The Labute approximate surface area is 117 Å². The molecule has 0 aromatic heterocycles. The molecule has 0 aliphatic carbocycles. The van der Waals surface area contributed by atoms with Crippen molar-refractivity contribution in [1.29, 1.82) is 0 Å². The van der Waals surface area contributed by atoms with E-state index in [9.17, 15) is 9.59 Å². The molecule has 0 saturated carbocycles. The molecule has 0 saturated heterocycles. The number of hydrogen-bond donors (Lipinski definition) is 0. The molecule has 0 amide bonds. The average molecular weight is 292 g/mol. The molecule has 0 aromatic rings. The van der Waals surface area contributed by atoms with Gasteiger partial charge in [-0.2, -0.15) is 23.5 Å². The summed E-state index contributed by atoms with van der Waals surface area (Å²) in [5.74, 6) is 2.81. The third-order valence-electron chi connectivity index (χ3n) is 1.97. The van der Waals surface area contributed by atoms with E-state index in [2.05, 4.69) is 16.1 Å². The molecule has 0 fully saturated rings. The van der Waals surface area contributed by atoms with Crippen LogP contribution in [0.4, 0.5) is 0 Å². The first-order chi connectivity index (χ1) is 8.60. The van der Waals surface area contributed by atoms with Gasteiger partial charge in [0.15, 0.2) is 0 Å². The van der Waals surface area contributed by atoms with Crippen LogP contribution in [0.2, 0.25) is 0 Å². The fourth-order valence-corrected chi connectivity index (χ4v) is 2.81. The number of hydrogen-bond acceptors (Lipinski definition) is 6. The van der Waals surface area contributed by atoms with Crippen molar-refractivity contribution in [3.05, 3.63) is 12.2 Å². The van der Waals surface area contributed by atoms with Crippen molar-refractivity contribution in [2.75, 3.05) is 37.2 Å². The van der Waals surface area contributed by atoms with Gasteiger partial charge in [-0.1, -0.05) is 12.2 Å². The Morgan fingerprint density at radius 2 is 1.33 bits per heavy atom. The van der Waals surface area contributed by atoms with Gasteiger partial charge >= 0.3 is 11.9 Å². The standard InChI is InChI=1S/C12H20O4S2/c1-10(8-17-6-4-11(13)15-2)9-18-7-5-12(14)16-3/h1,4-9H2,2-3H3. The van der Waals surface area contributed by atoms with Gasteiger partial charge < -0.3 is 9.47 Å². The van der Waals surface area contributed by atoms with E-state index in [-0.39, 0.29) is 11.9 Å². The summed E-state index contributed by atoms with van der Waals surface area (Å²) in [5.41, 5.74) is 1.11. The van der Waals surface area contributed by atoms with Crippen LogP contribution in [0.5, 0.6) is 0 Å². The highest BCUT2D eigenvalue weighted by Gasteiger charge is 2.02. The summed E-state index contributed by atoms with van der Waals surface area (Å²) < 4.78 is 9.09. The van der Waals surface area contributed by atoms with Gasteiger partial charge in [0, 0.05) is 23.0 Å². The van der Waals surface area contributed by atoms with Gasteiger partial charge in [0.1, 0.15) is 0 Å². The summed E-state index contributed by atoms with van der Waals surface area (Å²) >= 11 is 3.34. The van der Waals surface area contributed by atoms with Gasteiger partial charge in [-0.15, -0.1) is 0 Å². The molecule has 104 valence electrons. The molecule has 0 bridgehead atoms. The Kier molecular flexibility index (Phi) is 11.1. The SMILES string of the molecule is C=C(CSCCC(=O)OC)CSCCC(=O)OC. The number of esters is 2. The third kappa shape index (κ3) is 10.5. The highest BCUT2D eigenvalue weighted by atomic mass is 32.2. The van der Waals surface area contributed by atoms with Gasteiger partial charge in [0.05, 0.1) is 27.1 Å². The molecule has 18 heavy (non-hydrogen) atoms. The van der Waals surface area contributed by atoms with Crippen molar-refractivity contribution < 1.29 is 19.1 Å². The van der Waals surface area contributed by atoms with Crippen LogP contribution in [0.25, 0.3) is 0 Å². The topological polar surface area (TPSA) is 52.6 Å². The van der Waals surface area contributed by atoms with E-state index < -0.39 is 0 Å². The number of rotatable bonds is 10. The van der Waals surface area contributed by atoms with E-state index in [0.29, 0.717) is 12.8 Å². The van der Waals surface area contributed by atoms with Crippen molar-refractivity contribution in [1.82, 2.24) is 0 Å². The Bertz CT molecular complexity index is 253. The van der Waals surface area contributed by atoms with Crippen LogP contribution in [0, 0.1) is 0 Å². The van der Waals surface area contributed by atoms with Crippen LogP contribution in [0.1, 0.15) is 12.8 Å². The summed E-state index contributed by atoms with van der Waals surface area (Å²) in [5, 5.41) is 0. The van der Waals surface area contributed by atoms with Crippen molar-refractivity contribution >= 4 is 35.5 Å². The maximum absolute atomic E-state index is 10.9. The fourth-order valence-electron chi connectivity index (χ4n) is 0.990. The van der Waals surface area contributed by atoms with Crippen LogP contribution in [0.15, 0.2) is 12.2 Å². The molecule has 0 unspecified atom stereocenters. The lowest BCUT2D eigenvalue weighted by atomic mass is 10.4. The second kappa shape index (κ2) is 11.5. The quantitative estimate of drug-likeness (QED) is 0.349. The number of methoxy groups -OCH3 is 2. The Morgan fingerprint density at radius 1 is 0.944 bits per heavy atom. The van der Waals surface area contributed by atoms with E-state index in [0.717, 1.165) is 28.6 Å². The largest absolute Gasteiger partial charge is 0.469 e. The average Bonchev–Trinajstić information content (AvgIpc) is 2.38. The summed E-state index contributed by atoms with van der Waals surface area (Å²) in [6.45, 7) is 3.95. The van der Waals surface area contributed by atoms with Crippen molar-refractivity contribution in [3.8, 4) is 0 Å². The molecule has 0 aliphatic heterocycles. The Morgan fingerprint density at radius 3 is 1.67 bits per heavy atom. The molecule has 6 heteroatoms. The minimum atomic E-state index is -0.180. The molecule has 0 N–H and O–H groups in total. The predicted molar refractivity (Wildman–Crippen MR) is 77.1 cm³/mol. The summed E-state index contributed by atoms with van der Waals surface area (Å²) in [6.07, 6.45) is 0.869. The molecular formula is C12H20O4S2. The first-order valence-electron chi connectivity index (χ1n) is 5.56. The van der Waals surface area contributed by atoms with E-state index in [1.165, 1.54) is 14.2 Å². The molecule has 0 aliphatic rings. The molecule has 0 radical (unpaired) electrons. The molecule has 0 rings (SSSR count). The molecule has 0 heterocycles. The van der Waals surface area contributed by atoms with Gasteiger partial charge in [0.25, 0.3) is 0 Å². The second-order valence-electron chi connectivity index (χ2n) is 3.51. The minimum Gasteiger partial charge on any atom is -0.469 e. The lowest BCUT2D eigenvalue weighted by Crippen LogP contribution is -2.03. The highest BCUT2D eigenvalue weighted by molar-refractivity contribution is 8.00. The van der Waals surface area contributed by atoms with Gasteiger partial charge in [-0.05, 0) is 0 Å². The van der Waals surface area contributed by atoms with Crippen LogP contribution >= 0.6 is 23.5 Å². The Hall–Kier alpha value is -0.620. The van der Waals surface area contributed by atoms with Crippen LogP contribution in [0.3, 0.4) is 0 Å². The van der Waals surface area contributed by atoms with Crippen LogP contribution in [-0.2, 0) is 19.1 Å². The molecule has 0 spiro atoms. The summed E-state index contributed by atoms with van der Waals surface area (Å²) in [6, 6.07) is 0. The molecular weight excluding hydrogens is 272 g/mol. The zero-order chi connectivity index (χ0) is 13.8. The monoisotopic (exact) mass is 292 g/mol. The van der Waals surface area contributed by atoms with Crippen LogP contribution < -0.4 is 0 Å². The maximum atomic E-state index is 10.9. The van der Waals surface area contributed by atoms with Crippen molar-refractivity contribution in [2.45, 2.75) is 12.8 Å². The number of carbonyl (C=O) groups excluding carboxylic acids is 2. The van der Waals surface area contributed by atoms with Crippen molar-refractivity contribution in [3.63, 3.8) is 0 Å². The summed E-state index contributed by atoms with van der Waals surface area (Å²) in [4.78, 5) is 21.7. The Balaban J connectivity index is 3.38. The molecule has 0 atom stereocenters. The van der Waals surface area contributed by atoms with E-state index >= 15 is 0 Å². The fraction of sp³-hybridized carbons (Fsp3) is 0.667. The van der Waals surface area contributed by atoms with Gasteiger partial charge in [0.2, 0.25) is 0 Å². The van der Waals surface area contributed by atoms with Gasteiger partial charge in [-0.25, -0.2) is 0 Å². The number of carbonyl (C=O) groups is 2. The molecule has 0 aromatic carbocycles. The number of ether oxygens (including phenoxy) is 2. The van der Waals surface area contributed by atoms with E-state index in [1.807, 2.05) is 0 Å². The first-order valence-corrected chi connectivity index (χ1v) is 7.86. The lowest BCUT2D eigenvalue weighted by molar-refractivity contribution is -0.140. The van der Waals surface area contributed by atoms with E-state index in [4.69, 9.17) is 0 Å². The molecule has 4 nitrogen and oxygen atoms in total. The predicted octanol–water partition coefficient (Wildman–Crippen LogP) is 2.14. The zero-order valence-corrected chi connectivity index (χ0v) is 12.5. The first kappa shape index (κ1) is 17.4. The maximum Gasteiger partial charge on any atom is 0.306 e. The minimum absolute atomic E-state index is 0.180. The second-order valence-corrected chi connectivity index (χ2v) is 5.72. The van der Waals surface area contributed by atoms with Crippen LogP contribution in [-0.4, -0.2) is 49.2 Å². The smallest absolute Gasteiger partial charge is 0.306 e. The van der Waals surface area contributed by atoms with Gasteiger partial charge in [-0.3, -0.25) is 9.59 Å². The highest BCUT2D eigenvalue weighted by Crippen LogP contribution is 2.14. The normalized spacial score (nSPS) is 9.89. The lowest BCUT2D eigenvalue weighted by Gasteiger charge is -2.05. The van der Waals surface area contributed by atoms with Crippen molar-refractivity contribution in [2.24, 2.45) is 0 Å².